The summed E-state index contributed by atoms with van der Waals surface area (Å²) in [5, 5.41) is 8.96. The molecule has 0 fully saturated rings. The molecule has 0 bridgehead atoms. The van der Waals surface area contributed by atoms with Crippen molar-refractivity contribution in [3.63, 3.8) is 0 Å². The number of rotatable bonds is 7. The molecule has 0 N–H and O–H groups in total. The molecule has 1 aromatic rings. The van der Waals surface area contributed by atoms with Crippen molar-refractivity contribution in [1.82, 2.24) is 0 Å². The van der Waals surface area contributed by atoms with Crippen LogP contribution in [0, 0.1) is 16.7 Å². The van der Waals surface area contributed by atoms with E-state index in [4.69, 9.17) is 24.2 Å². The van der Waals surface area contributed by atoms with Crippen LogP contribution >= 0.6 is 0 Å². The summed E-state index contributed by atoms with van der Waals surface area (Å²) in [6.07, 6.45) is 0.639. The third kappa shape index (κ3) is 3.95. The van der Waals surface area contributed by atoms with Crippen LogP contribution in [0.4, 0.5) is 0 Å². The van der Waals surface area contributed by atoms with Gasteiger partial charge in [0, 0.05) is 12.1 Å². The molecular formula is C15H21NO4. The van der Waals surface area contributed by atoms with Gasteiger partial charge in [-0.25, -0.2) is 0 Å². The van der Waals surface area contributed by atoms with Crippen LogP contribution in [-0.4, -0.2) is 27.9 Å². The van der Waals surface area contributed by atoms with Gasteiger partial charge in [-0.1, -0.05) is 0 Å². The van der Waals surface area contributed by atoms with Crippen LogP contribution in [0.3, 0.4) is 0 Å². The van der Waals surface area contributed by atoms with E-state index in [9.17, 15) is 0 Å². The lowest BCUT2D eigenvalue weighted by atomic mass is 9.92. The minimum Gasteiger partial charge on any atom is -0.493 e. The first-order valence-electron chi connectivity index (χ1n) is 6.31. The number of benzene rings is 1. The van der Waals surface area contributed by atoms with Crippen molar-refractivity contribution in [2.45, 2.75) is 20.3 Å². The minimum absolute atomic E-state index is 0.402. The number of nitrogens with zero attached hydrogens (tertiary/aromatic N) is 1. The van der Waals surface area contributed by atoms with Gasteiger partial charge < -0.3 is 18.9 Å². The van der Waals surface area contributed by atoms with Gasteiger partial charge in [0.05, 0.1) is 39.4 Å². The lowest BCUT2D eigenvalue weighted by molar-refractivity contribution is 0.259. The van der Waals surface area contributed by atoms with E-state index in [1.165, 1.54) is 0 Å². The third-order valence-corrected chi connectivity index (χ3v) is 2.94. The van der Waals surface area contributed by atoms with Crippen molar-refractivity contribution < 1.29 is 18.9 Å². The number of ether oxygens (including phenoxy) is 4. The zero-order chi connectivity index (χ0) is 15.2. The summed E-state index contributed by atoms with van der Waals surface area (Å²) in [7, 11) is 4.66. The third-order valence-electron chi connectivity index (χ3n) is 2.94. The largest absolute Gasteiger partial charge is 0.493 e. The van der Waals surface area contributed by atoms with Crippen molar-refractivity contribution in [3.8, 4) is 29.1 Å². The summed E-state index contributed by atoms with van der Waals surface area (Å²) in [5.74, 6) is 2.23. The molecular weight excluding hydrogens is 258 g/mol. The molecule has 5 nitrogen and oxygen atoms in total. The summed E-state index contributed by atoms with van der Waals surface area (Å²) < 4.78 is 21.4. The summed E-state index contributed by atoms with van der Waals surface area (Å²) in [6.45, 7) is 4.20. The predicted octanol–water partition coefficient (Wildman–Crippen LogP) is 3.03. The van der Waals surface area contributed by atoms with Gasteiger partial charge in [-0.3, -0.25) is 0 Å². The molecule has 0 aliphatic rings. The number of nitriles is 1. The van der Waals surface area contributed by atoms with Gasteiger partial charge in [-0.2, -0.15) is 5.26 Å². The van der Waals surface area contributed by atoms with Crippen molar-refractivity contribution >= 4 is 0 Å². The Balaban J connectivity index is 2.84. The standard InChI is InChI=1S/C15H21NO4/c1-15(2,10-16)6-7-20-11-8-12(17-3)14(19-5)13(9-11)18-4/h8-9H,6-7H2,1-5H3. The Morgan fingerprint density at radius 2 is 1.60 bits per heavy atom. The summed E-state index contributed by atoms with van der Waals surface area (Å²) in [5.41, 5.74) is -0.402. The molecule has 0 aliphatic carbocycles. The van der Waals surface area contributed by atoms with Crippen molar-refractivity contribution in [3.05, 3.63) is 12.1 Å². The van der Waals surface area contributed by atoms with Gasteiger partial charge >= 0.3 is 0 Å². The predicted molar refractivity (Wildman–Crippen MR) is 75.6 cm³/mol. The quantitative estimate of drug-likeness (QED) is 0.767. The monoisotopic (exact) mass is 279 g/mol. The first-order chi connectivity index (χ1) is 9.47. The van der Waals surface area contributed by atoms with Crippen LogP contribution in [0.15, 0.2) is 12.1 Å². The average molecular weight is 279 g/mol. The molecule has 0 aromatic heterocycles. The molecule has 0 atom stereocenters. The zero-order valence-corrected chi connectivity index (χ0v) is 12.6. The van der Waals surface area contributed by atoms with Crippen LogP contribution in [0.2, 0.25) is 0 Å². The van der Waals surface area contributed by atoms with Gasteiger partial charge in [0.1, 0.15) is 5.75 Å². The van der Waals surface area contributed by atoms with Gasteiger partial charge in [-0.05, 0) is 20.3 Å². The Labute approximate surface area is 120 Å². The van der Waals surface area contributed by atoms with Gasteiger partial charge in [-0.15, -0.1) is 0 Å². The van der Waals surface area contributed by atoms with E-state index in [-0.39, 0.29) is 0 Å². The van der Waals surface area contributed by atoms with Gasteiger partial charge in [0.2, 0.25) is 5.75 Å². The molecule has 1 aromatic carbocycles. The highest BCUT2D eigenvalue weighted by Crippen LogP contribution is 2.40. The first kappa shape index (κ1) is 16.0. The second-order valence-electron chi connectivity index (χ2n) is 4.96. The molecule has 0 radical (unpaired) electrons. The Morgan fingerprint density at radius 1 is 1.05 bits per heavy atom. The fourth-order valence-electron chi connectivity index (χ4n) is 1.62. The average Bonchev–Trinajstić information content (AvgIpc) is 2.45. The van der Waals surface area contributed by atoms with E-state index in [2.05, 4.69) is 6.07 Å². The van der Waals surface area contributed by atoms with Crippen molar-refractivity contribution in [2.24, 2.45) is 5.41 Å². The topological polar surface area (TPSA) is 60.7 Å². The smallest absolute Gasteiger partial charge is 0.203 e. The highest BCUT2D eigenvalue weighted by atomic mass is 16.5. The van der Waals surface area contributed by atoms with E-state index in [0.717, 1.165) is 0 Å². The molecule has 20 heavy (non-hydrogen) atoms. The lowest BCUT2D eigenvalue weighted by Crippen LogP contribution is -2.13. The Hall–Kier alpha value is -2.09. The molecule has 5 heteroatoms. The number of hydrogen-bond donors (Lipinski definition) is 0. The zero-order valence-electron chi connectivity index (χ0n) is 12.6. The van der Waals surface area contributed by atoms with Crippen molar-refractivity contribution in [1.29, 1.82) is 5.26 Å². The van der Waals surface area contributed by atoms with Crippen LogP contribution in [0.1, 0.15) is 20.3 Å². The summed E-state index contributed by atoms with van der Waals surface area (Å²) >= 11 is 0. The molecule has 110 valence electrons. The molecule has 0 saturated carbocycles. The van der Waals surface area contributed by atoms with Crippen molar-refractivity contribution in [2.75, 3.05) is 27.9 Å². The number of methoxy groups -OCH3 is 3. The maximum absolute atomic E-state index is 8.96. The van der Waals surface area contributed by atoms with E-state index >= 15 is 0 Å². The highest BCUT2D eigenvalue weighted by molar-refractivity contribution is 5.55. The molecule has 0 aliphatic heterocycles. The highest BCUT2D eigenvalue weighted by Gasteiger charge is 2.18. The Bertz CT molecular complexity index is 466. The summed E-state index contributed by atoms with van der Waals surface area (Å²) in [6, 6.07) is 5.72. The lowest BCUT2D eigenvalue weighted by Gasteiger charge is -2.17. The van der Waals surface area contributed by atoms with Crippen LogP contribution in [0.25, 0.3) is 0 Å². The van der Waals surface area contributed by atoms with Gasteiger partial charge in [0.15, 0.2) is 11.5 Å². The van der Waals surface area contributed by atoms with Crippen LogP contribution in [0.5, 0.6) is 23.0 Å². The second-order valence-corrected chi connectivity index (χ2v) is 4.96. The molecule has 0 spiro atoms. The van der Waals surface area contributed by atoms with Crippen LogP contribution in [-0.2, 0) is 0 Å². The number of hydrogen-bond acceptors (Lipinski definition) is 5. The molecule has 0 heterocycles. The molecule has 0 amide bonds. The molecule has 1 rings (SSSR count). The summed E-state index contributed by atoms with van der Waals surface area (Å²) in [4.78, 5) is 0. The van der Waals surface area contributed by atoms with E-state index in [1.54, 1.807) is 33.5 Å². The minimum atomic E-state index is -0.402. The van der Waals surface area contributed by atoms with E-state index in [0.29, 0.717) is 36.0 Å². The molecule has 0 saturated heterocycles. The fraction of sp³-hybridized carbons (Fsp3) is 0.533. The first-order valence-corrected chi connectivity index (χ1v) is 6.31. The maximum atomic E-state index is 8.96. The Morgan fingerprint density at radius 3 is 2.00 bits per heavy atom. The van der Waals surface area contributed by atoms with Gasteiger partial charge in [0.25, 0.3) is 0 Å². The van der Waals surface area contributed by atoms with E-state index in [1.807, 2.05) is 13.8 Å². The normalized spacial score (nSPS) is 10.6. The second kappa shape index (κ2) is 6.90. The van der Waals surface area contributed by atoms with E-state index < -0.39 is 5.41 Å². The SMILES string of the molecule is COc1cc(OCCC(C)(C)C#N)cc(OC)c1OC. The Kier molecular flexibility index (Phi) is 5.51. The molecule has 0 unspecified atom stereocenters. The maximum Gasteiger partial charge on any atom is 0.203 e. The fourth-order valence-corrected chi connectivity index (χ4v) is 1.62. The van der Waals surface area contributed by atoms with Crippen LogP contribution < -0.4 is 18.9 Å².